The molecule has 0 fully saturated rings. The number of aromatic nitrogens is 2. The van der Waals surface area contributed by atoms with Gasteiger partial charge in [0.2, 0.25) is 5.91 Å². The van der Waals surface area contributed by atoms with Crippen LogP contribution in [0.5, 0.6) is 0 Å². The lowest BCUT2D eigenvalue weighted by atomic mass is 10.2. The maximum absolute atomic E-state index is 12.9. The first kappa shape index (κ1) is 18.9. The molecule has 0 N–H and O–H groups in total. The largest absolute Gasteiger partial charge is 0.341 e. The Hall–Kier alpha value is -2.88. The highest BCUT2D eigenvalue weighted by Crippen LogP contribution is 2.18. The SMILES string of the molecule is CCCN(CCC)C(=O)Cn1c(/C=C/c2ccccc2)nc2ccccc21. The third-order valence-corrected chi connectivity index (χ3v) is 4.54. The number of hydrogen-bond acceptors (Lipinski definition) is 2. The summed E-state index contributed by atoms with van der Waals surface area (Å²) >= 11 is 0. The Morgan fingerprint density at radius 3 is 2.33 bits per heavy atom. The minimum Gasteiger partial charge on any atom is -0.341 e. The molecule has 0 radical (unpaired) electrons. The van der Waals surface area contributed by atoms with Gasteiger partial charge in [0.1, 0.15) is 12.4 Å². The molecule has 0 bridgehead atoms. The summed E-state index contributed by atoms with van der Waals surface area (Å²) in [6, 6.07) is 18.1. The van der Waals surface area contributed by atoms with E-state index in [0.717, 1.165) is 48.4 Å². The van der Waals surface area contributed by atoms with E-state index in [4.69, 9.17) is 4.98 Å². The highest BCUT2D eigenvalue weighted by Gasteiger charge is 2.16. The van der Waals surface area contributed by atoms with Gasteiger partial charge in [-0.2, -0.15) is 0 Å². The number of para-hydroxylation sites is 2. The summed E-state index contributed by atoms with van der Waals surface area (Å²) in [7, 11) is 0. The van der Waals surface area contributed by atoms with Gasteiger partial charge in [-0.25, -0.2) is 4.98 Å². The van der Waals surface area contributed by atoms with Crippen LogP contribution in [0.15, 0.2) is 54.6 Å². The van der Waals surface area contributed by atoms with Crippen molar-refractivity contribution in [2.45, 2.75) is 33.2 Å². The van der Waals surface area contributed by atoms with Crippen LogP contribution in [-0.2, 0) is 11.3 Å². The van der Waals surface area contributed by atoms with Crippen LogP contribution < -0.4 is 0 Å². The van der Waals surface area contributed by atoms with Crippen molar-refractivity contribution in [2.24, 2.45) is 0 Å². The summed E-state index contributed by atoms with van der Waals surface area (Å²) < 4.78 is 2.02. The molecule has 0 spiro atoms. The fraction of sp³-hybridized carbons (Fsp3) is 0.304. The van der Waals surface area contributed by atoms with E-state index in [0.29, 0.717) is 6.54 Å². The van der Waals surface area contributed by atoms with Crippen molar-refractivity contribution in [2.75, 3.05) is 13.1 Å². The Morgan fingerprint density at radius 2 is 1.63 bits per heavy atom. The summed E-state index contributed by atoms with van der Waals surface area (Å²) in [5.74, 6) is 0.956. The smallest absolute Gasteiger partial charge is 0.242 e. The van der Waals surface area contributed by atoms with Crippen LogP contribution in [0.25, 0.3) is 23.2 Å². The Kier molecular flexibility index (Phi) is 6.42. The van der Waals surface area contributed by atoms with Gasteiger partial charge in [-0.3, -0.25) is 4.79 Å². The number of imidazole rings is 1. The van der Waals surface area contributed by atoms with Crippen LogP contribution >= 0.6 is 0 Å². The van der Waals surface area contributed by atoms with Crippen LogP contribution in [0, 0.1) is 0 Å². The Morgan fingerprint density at radius 1 is 0.963 bits per heavy atom. The average molecular weight is 361 g/mol. The molecule has 1 aromatic heterocycles. The predicted octanol–water partition coefficient (Wildman–Crippen LogP) is 4.86. The van der Waals surface area contributed by atoms with Crippen molar-refractivity contribution in [3.05, 3.63) is 66.0 Å². The van der Waals surface area contributed by atoms with Crippen LogP contribution in [0.3, 0.4) is 0 Å². The molecule has 3 aromatic rings. The number of nitrogens with zero attached hydrogens (tertiary/aromatic N) is 3. The minimum absolute atomic E-state index is 0.149. The van der Waals surface area contributed by atoms with E-state index in [1.807, 2.05) is 64.1 Å². The van der Waals surface area contributed by atoms with Crippen molar-refractivity contribution in [1.29, 1.82) is 0 Å². The van der Waals surface area contributed by atoms with Gasteiger partial charge in [0, 0.05) is 13.1 Å². The number of carbonyl (C=O) groups is 1. The molecule has 27 heavy (non-hydrogen) atoms. The lowest BCUT2D eigenvalue weighted by Crippen LogP contribution is -2.35. The van der Waals surface area contributed by atoms with E-state index in [1.165, 1.54) is 0 Å². The second-order valence-electron chi connectivity index (χ2n) is 6.67. The fourth-order valence-corrected chi connectivity index (χ4v) is 3.26. The number of amides is 1. The summed E-state index contributed by atoms with van der Waals surface area (Å²) in [4.78, 5) is 19.6. The monoisotopic (exact) mass is 361 g/mol. The van der Waals surface area contributed by atoms with Crippen LogP contribution in [0.1, 0.15) is 38.1 Å². The molecule has 2 aromatic carbocycles. The van der Waals surface area contributed by atoms with Crippen molar-refractivity contribution in [3.8, 4) is 0 Å². The van der Waals surface area contributed by atoms with Crippen molar-refractivity contribution >= 4 is 29.1 Å². The van der Waals surface area contributed by atoms with Crippen LogP contribution in [0.2, 0.25) is 0 Å². The van der Waals surface area contributed by atoms with Gasteiger partial charge in [0.25, 0.3) is 0 Å². The zero-order valence-electron chi connectivity index (χ0n) is 16.1. The molecule has 1 heterocycles. The van der Waals surface area contributed by atoms with Crippen molar-refractivity contribution < 1.29 is 4.79 Å². The maximum Gasteiger partial charge on any atom is 0.242 e. The summed E-state index contributed by atoms with van der Waals surface area (Å²) in [6.07, 6.45) is 5.97. The lowest BCUT2D eigenvalue weighted by Gasteiger charge is -2.22. The average Bonchev–Trinajstić information content (AvgIpc) is 3.04. The number of benzene rings is 2. The topological polar surface area (TPSA) is 38.1 Å². The summed E-state index contributed by atoms with van der Waals surface area (Å²) in [5.41, 5.74) is 3.02. The normalized spacial score (nSPS) is 11.3. The summed E-state index contributed by atoms with van der Waals surface area (Å²) in [5, 5.41) is 0. The zero-order chi connectivity index (χ0) is 19.1. The van der Waals surface area contributed by atoms with E-state index < -0.39 is 0 Å². The number of hydrogen-bond donors (Lipinski definition) is 0. The molecule has 0 saturated heterocycles. The summed E-state index contributed by atoms with van der Waals surface area (Å²) in [6.45, 7) is 6.13. The Balaban J connectivity index is 1.93. The second-order valence-corrected chi connectivity index (χ2v) is 6.67. The van der Waals surface area contributed by atoms with E-state index in [2.05, 4.69) is 26.0 Å². The minimum atomic E-state index is 0.149. The first-order valence-electron chi connectivity index (χ1n) is 9.69. The molecule has 0 unspecified atom stereocenters. The highest BCUT2D eigenvalue weighted by atomic mass is 16.2. The first-order chi connectivity index (χ1) is 13.2. The van der Waals surface area contributed by atoms with E-state index in [9.17, 15) is 4.79 Å². The van der Waals surface area contributed by atoms with Gasteiger partial charge in [0.15, 0.2) is 0 Å². The standard InChI is InChI=1S/C23H27N3O/c1-3-16-25(17-4-2)23(27)18-26-21-13-9-8-12-20(21)24-22(26)15-14-19-10-6-5-7-11-19/h5-15H,3-4,16-18H2,1-2H3/b15-14+. The number of rotatable bonds is 8. The third-order valence-electron chi connectivity index (χ3n) is 4.54. The van der Waals surface area contributed by atoms with Crippen molar-refractivity contribution in [3.63, 3.8) is 0 Å². The molecule has 1 amide bonds. The van der Waals surface area contributed by atoms with Gasteiger partial charge in [0.05, 0.1) is 11.0 Å². The molecule has 140 valence electrons. The number of carbonyl (C=O) groups excluding carboxylic acids is 1. The Labute approximate surface area is 161 Å². The molecular weight excluding hydrogens is 334 g/mol. The third kappa shape index (κ3) is 4.64. The number of fused-ring (bicyclic) bond motifs is 1. The van der Waals surface area contributed by atoms with E-state index >= 15 is 0 Å². The van der Waals surface area contributed by atoms with Gasteiger partial charge in [-0.05, 0) is 36.6 Å². The van der Waals surface area contributed by atoms with E-state index in [1.54, 1.807) is 0 Å². The molecule has 0 aliphatic carbocycles. The highest BCUT2D eigenvalue weighted by molar-refractivity contribution is 5.83. The molecular formula is C23H27N3O. The van der Waals surface area contributed by atoms with Crippen LogP contribution in [0.4, 0.5) is 0 Å². The molecule has 0 saturated carbocycles. The zero-order valence-corrected chi connectivity index (χ0v) is 16.1. The Bertz CT molecular complexity index is 906. The maximum atomic E-state index is 12.9. The predicted molar refractivity (Wildman–Crippen MR) is 112 cm³/mol. The van der Waals surface area contributed by atoms with Crippen molar-refractivity contribution in [1.82, 2.24) is 14.5 Å². The first-order valence-corrected chi connectivity index (χ1v) is 9.69. The second kappa shape index (κ2) is 9.17. The molecule has 0 aliphatic rings. The molecule has 0 aliphatic heterocycles. The molecule has 4 heteroatoms. The quantitative estimate of drug-likeness (QED) is 0.575. The lowest BCUT2D eigenvalue weighted by molar-refractivity contribution is -0.131. The van der Waals surface area contributed by atoms with Gasteiger partial charge in [-0.15, -0.1) is 0 Å². The van der Waals surface area contributed by atoms with Gasteiger partial charge in [-0.1, -0.05) is 62.4 Å². The van der Waals surface area contributed by atoms with E-state index in [-0.39, 0.29) is 5.91 Å². The molecule has 0 atom stereocenters. The molecule has 4 nitrogen and oxygen atoms in total. The van der Waals surface area contributed by atoms with Gasteiger partial charge < -0.3 is 9.47 Å². The van der Waals surface area contributed by atoms with Crippen LogP contribution in [-0.4, -0.2) is 33.4 Å². The molecule has 3 rings (SSSR count). The fourth-order valence-electron chi connectivity index (χ4n) is 3.26. The van der Waals surface area contributed by atoms with Gasteiger partial charge >= 0.3 is 0 Å².